The van der Waals surface area contributed by atoms with E-state index >= 15 is 0 Å². The molecule has 1 saturated heterocycles. The second kappa shape index (κ2) is 9.96. The third-order valence-corrected chi connectivity index (χ3v) is 5.06. The highest BCUT2D eigenvalue weighted by molar-refractivity contribution is 5.96. The first-order valence-corrected chi connectivity index (χ1v) is 10.2. The Morgan fingerprint density at radius 3 is 2.55 bits per heavy atom. The second-order valence-electron chi connectivity index (χ2n) is 7.42. The Labute approximate surface area is 172 Å². The summed E-state index contributed by atoms with van der Waals surface area (Å²) in [6.07, 6.45) is 2.10. The second-order valence-corrected chi connectivity index (χ2v) is 7.42. The van der Waals surface area contributed by atoms with Gasteiger partial charge in [-0.3, -0.25) is 9.59 Å². The number of amides is 2. The molecule has 2 aromatic rings. The summed E-state index contributed by atoms with van der Waals surface area (Å²) in [5.41, 5.74) is 2.08. The van der Waals surface area contributed by atoms with E-state index in [4.69, 9.17) is 4.74 Å². The molecule has 0 atom stereocenters. The van der Waals surface area contributed by atoms with E-state index in [0.717, 1.165) is 37.4 Å². The zero-order valence-electron chi connectivity index (χ0n) is 17.1. The number of likely N-dealkylation sites (tertiary alicyclic amines) is 1. The molecule has 2 amide bonds. The molecule has 1 aliphatic heterocycles. The van der Waals surface area contributed by atoms with Crippen molar-refractivity contribution in [1.82, 2.24) is 4.90 Å². The number of anilines is 2. The van der Waals surface area contributed by atoms with Crippen LogP contribution in [0.3, 0.4) is 0 Å². The molecule has 0 radical (unpaired) electrons. The summed E-state index contributed by atoms with van der Waals surface area (Å²) in [7, 11) is 0. The van der Waals surface area contributed by atoms with Crippen molar-refractivity contribution in [3.8, 4) is 5.75 Å². The molecule has 0 aliphatic carbocycles. The molecular weight excluding hydrogens is 366 g/mol. The smallest absolute Gasteiger partial charge is 0.253 e. The van der Waals surface area contributed by atoms with Crippen molar-refractivity contribution in [2.75, 3.05) is 36.9 Å². The van der Waals surface area contributed by atoms with Gasteiger partial charge in [0.25, 0.3) is 5.91 Å². The van der Waals surface area contributed by atoms with Crippen molar-refractivity contribution in [3.63, 3.8) is 0 Å². The first kappa shape index (κ1) is 20.7. The average molecular weight is 396 g/mol. The number of benzene rings is 2. The number of hydrogen-bond donors (Lipinski definition) is 2. The van der Waals surface area contributed by atoms with Crippen LogP contribution >= 0.6 is 0 Å². The van der Waals surface area contributed by atoms with E-state index in [1.807, 2.05) is 54.3 Å². The predicted molar refractivity (Wildman–Crippen MR) is 115 cm³/mol. The van der Waals surface area contributed by atoms with Crippen LogP contribution in [-0.4, -0.2) is 43.0 Å². The first-order chi connectivity index (χ1) is 14.0. The van der Waals surface area contributed by atoms with Gasteiger partial charge in [-0.15, -0.1) is 0 Å². The first-order valence-electron chi connectivity index (χ1n) is 10.2. The zero-order chi connectivity index (χ0) is 20.6. The molecule has 0 bridgehead atoms. The summed E-state index contributed by atoms with van der Waals surface area (Å²) in [4.78, 5) is 26.9. The molecule has 0 unspecified atom stereocenters. The molecule has 2 aromatic carbocycles. The van der Waals surface area contributed by atoms with Crippen LogP contribution in [-0.2, 0) is 4.79 Å². The normalized spacial score (nSPS) is 14.3. The largest absolute Gasteiger partial charge is 0.494 e. The van der Waals surface area contributed by atoms with Gasteiger partial charge in [-0.05, 0) is 56.0 Å². The third kappa shape index (κ3) is 5.98. The Balaban J connectivity index is 1.54. The Morgan fingerprint density at radius 2 is 1.79 bits per heavy atom. The highest BCUT2D eigenvalue weighted by Crippen LogP contribution is 2.20. The van der Waals surface area contributed by atoms with Gasteiger partial charge in [-0.1, -0.05) is 19.1 Å². The maximum atomic E-state index is 12.7. The lowest BCUT2D eigenvalue weighted by Gasteiger charge is -2.30. The van der Waals surface area contributed by atoms with Crippen LogP contribution in [0.15, 0.2) is 48.5 Å². The maximum Gasteiger partial charge on any atom is 0.253 e. The number of carbonyl (C=O) groups excluding carboxylic acids is 2. The summed E-state index contributed by atoms with van der Waals surface area (Å²) >= 11 is 0. The monoisotopic (exact) mass is 395 g/mol. The van der Waals surface area contributed by atoms with Crippen molar-refractivity contribution >= 4 is 23.2 Å². The average Bonchev–Trinajstić information content (AvgIpc) is 2.73. The predicted octanol–water partition coefficient (Wildman–Crippen LogP) is 4.01. The summed E-state index contributed by atoms with van der Waals surface area (Å²) in [6, 6.07) is 14.6. The van der Waals surface area contributed by atoms with Crippen LogP contribution in [0.5, 0.6) is 5.75 Å². The Bertz CT molecular complexity index is 845. The number of piperidine rings is 1. The van der Waals surface area contributed by atoms with E-state index < -0.39 is 0 Å². The van der Waals surface area contributed by atoms with Crippen LogP contribution in [0.2, 0.25) is 0 Å². The van der Waals surface area contributed by atoms with E-state index in [2.05, 4.69) is 17.6 Å². The third-order valence-electron chi connectivity index (χ3n) is 5.06. The Hall–Kier alpha value is -3.02. The van der Waals surface area contributed by atoms with Gasteiger partial charge < -0.3 is 20.3 Å². The molecule has 154 valence electrons. The highest BCUT2D eigenvalue weighted by Gasteiger charge is 2.21. The summed E-state index contributed by atoms with van der Waals surface area (Å²) in [5.74, 6) is 1.29. The minimum absolute atomic E-state index is 0.0535. The minimum atomic E-state index is -0.166. The van der Waals surface area contributed by atoms with Gasteiger partial charge in [-0.25, -0.2) is 0 Å². The molecule has 2 N–H and O–H groups in total. The number of nitrogens with zero attached hydrogens (tertiary/aromatic N) is 1. The van der Waals surface area contributed by atoms with E-state index in [9.17, 15) is 9.59 Å². The van der Waals surface area contributed by atoms with Gasteiger partial charge in [0.15, 0.2) is 0 Å². The lowest BCUT2D eigenvalue weighted by molar-refractivity contribution is -0.114. The highest BCUT2D eigenvalue weighted by atomic mass is 16.5. The topological polar surface area (TPSA) is 70.7 Å². The molecule has 6 heteroatoms. The minimum Gasteiger partial charge on any atom is -0.494 e. The molecular formula is C23H29N3O3. The standard InChI is InChI=1S/C23H29N3O3/c1-3-29-21-9-5-8-20(15-21)25-22(27)16-24-19-7-4-6-18(14-19)23(28)26-12-10-17(2)11-13-26/h4-9,14-15,17,24H,3,10-13,16H2,1-2H3,(H,25,27). The molecule has 3 rings (SSSR count). The van der Waals surface area contributed by atoms with Crippen molar-refractivity contribution < 1.29 is 14.3 Å². The maximum absolute atomic E-state index is 12.7. The Morgan fingerprint density at radius 1 is 1.07 bits per heavy atom. The molecule has 1 aliphatic rings. The number of ether oxygens (including phenoxy) is 1. The number of hydrogen-bond acceptors (Lipinski definition) is 4. The molecule has 6 nitrogen and oxygen atoms in total. The van der Waals surface area contributed by atoms with Gasteiger partial charge >= 0.3 is 0 Å². The van der Waals surface area contributed by atoms with Crippen LogP contribution in [0.1, 0.15) is 37.0 Å². The number of rotatable bonds is 7. The quantitative estimate of drug-likeness (QED) is 0.743. The van der Waals surface area contributed by atoms with Crippen LogP contribution in [0, 0.1) is 5.92 Å². The number of carbonyl (C=O) groups is 2. The van der Waals surface area contributed by atoms with E-state index in [0.29, 0.717) is 23.8 Å². The molecule has 1 heterocycles. The fourth-order valence-electron chi connectivity index (χ4n) is 3.37. The van der Waals surface area contributed by atoms with Crippen LogP contribution in [0.4, 0.5) is 11.4 Å². The fraction of sp³-hybridized carbons (Fsp3) is 0.391. The van der Waals surface area contributed by atoms with Gasteiger partial charge in [-0.2, -0.15) is 0 Å². The molecule has 0 saturated carbocycles. The molecule has 1 fully saturated rings. The number of nitrogens with one attached hydrogen (secondary N) is 2. The summed E-state index contributed by atoms with van der Waals surface area (Å²) < 4.78 is 5.45. The fourth-order valence-corrected chi connectivity index (χ4v) is 3.37. The summed E-state index contributed by atoms with van der Waals surface area (Å²) in [5, 5.41) is 5.94. The summed E-state index contributed by atoms with van der Waals surface area (Å²) in [6.45, 7) is 6.44. The van der Waals surface area contributed by atoms with Crippen molar-refractivity contribution in [2.45, 2.75) is 26.7 Å². The van der Waals surface area contributed by atoms with Crippen molar-refractivity contribution in [3.05, 3.63) is 54.1 Å². The van der Waals surface area contributed by atoms with Gasteiger partial charge in [0.05, 0.1) is 13.2 Å². The van der Waals surface area contributed by atoms with Crippen LogP contribution < -0.4 is 15.4 Å². The lowest BCUT2D eigenvalue weighted by atomic mass is 9.98. The van der Waals surface area contributed by atoms with E-state index in [1.54, 1.807) is 6.07 Å². The zero-order valence-corrected chi connectivity index (χ0v) is 17.1. The van der Waals surface area contributed by atoms with Gasteiger partial charge in [0, 0.05) is 36.1 Å². The van der Waals surface area contributed by atoms with E-state index in [-0.39, 0.29) is 18.4 Å². The van der Waals surface area contributed by atoms with Crippen LogP contribution in [0.25, 0.3) is 0 Å². The Kier molecular flexibility index (Phi) is 7.11. The van der Waals surface area contributed by atoms with Gasteiger partial charge in [0.2, 0.25) is 5.91 Å². The van der Waals surface area contributed by atoms with Crippen molar-refractivity contribution in [2.24, 2.45) is 5.92 Å². The van der Waals surface area contributed by atoms with Gasteiger partial charge in [0.1, 0.15) is 5.75 Å². The molecule has 0 aromatic heterocycles. The SMILES string of the molecule is CCOc1cccc(NC(=O)CNc2cccc(C(=O)N3CCC(C)CC3)c2)c1. The van der Waals surface area contributed by atoms with E-state index in [1.165, 1.54) is 0 Å². The van der Waals surface area contributed by atoms with Crippen molar-refractivity contribution in [1.29, 1.82) is 0 Å². The molecule has 29 heavy (non-hydrogen) atoms. The lowest BCUT2D eigenvalue weighted by Crippen LogP contribution is -2.37. The molecule has 0 spiro atoms.